The van der Waals surface area contributed by atoms with E-state index in [9.17, 15) is 4.79 Å². The van der Waals surface area contributed by atoms with Gasteiger partial charge in [0.05, 0.1) is 15.9 Å². The second kappa shape index (κ2) is 8.39. The molecule has 0 spiro atoms. The zero-order chi connectivity index (χ0) is 20.4. The number of benzene rings is 2. The quantitative estimate of drug-likeness (QED) is 0.415. The summed E-state index contributed by atoms with van der Waals surface area (Å²) in [5.74, 6) is 1.36. The largest absolute Gasteiger partial charge is 0.310 e. The molecule has 0 saturated heterocycles. The molecule has 2 heterocycles. The topological polar surface area (TPSA) is 59.8 Å². The van der Waals surface area contributed by atoms with Gasteiger partial charge in [0.15, 0.2) is 0 Å². The van der Waals surface area contributed by atoms with Crippen LogP contribution in [0, 0.1) is 20.8 Å². The highest BCUT2D eigenvalue weighted by atomic mass is 32.2. The lowest BCUT2D eigenvalue weighted by Gasteiger charge is -2.06. The summed E-state index contributed by atoms with van der Waals surface area (Å²) in [6.45, 7) is 6.11. The summed E-state index contributed by atoms with van der Waals surface area (Å²) in [7, 11) is 0. The second-order valence-electron chi connectivity index (χ2n) is 6.94. The third kappa shape index (κ3) is 4.52. The van der Waals surface area contributed by atoms with Gasteiger partial charge in [-0.2, -0.15) is 9.78 Å². The fourth-order valence-electron chi connectivity index (χ4n) is 2.98. The van der Waals surface area contributed by atoms with E-state index in [1.807, 2.05) is 31.2 Å². The predicted octanol–water partition coefficient (Wildman–Crippen LogP) is 5.53. The number of hydrogen-bond acceptors (Lipinski definition) is 5. The smallest absolute Gasteiger partial charge is 0.226 e. The van der Waals surface area contributed by atoms with Crippen LogP contribution in [0.3, 0.4) is 0 Å². The van der Waals surface area contributed by atoms with Crippen LogP contribution in [-0.2, 0) is 4.79 Å². The van der Waals surface area contributed by atoms with Crippen LogP contribution in [0.5, 0.6) is 0 Å². The van der Waals surface area contributed by atoms with Gasteiger partial charge in [0, 0.05) is 23.1 Å². The Kier molecular flexibility index (Phi) is 5.69. The molecule has 7 heteroatoms. The summed E-state index contributed by atoms with van der Waals surface area (Å²) in [6.07, 6.45) is 0.433. The van der Waals surface area contributed by atoms with E-state index in [0.29, 0.717) is 12.2 Å². The van der Waals surface area contributed by atoms with Gasteiger partial charge in [-0.05, 0) is 56.2 Å². The summed E-state index contributed by atoms with van der Waals surface area (Å²) in [5, 5.41) is 8.30. The molecule has 1 amide bonds. The van der Waals surface area contributed by atoms with Crippen molar-refractivity contribution in [3.63, 3.8) is 0 Å². The molecule has 5 nitrogen and oxygen atoms in total. The van der Waals surface area contributed by atoms with E-state index in [2.05, 4.69) is 48.5 Å². The van der Waals surface area contributed by atoms with Crippen LogP contribution in [-0.4, -0.2) is 26.4 Å². The maximum absolute atomic E-state index is 12.5. The van der Waals surface area contributed by atoms with E-state index in [1.54, 1.807) is 27.8 Å². The fraction of sp³-hybridized carbons (Fsp3) is 0.227. The maximum atomic E-state index is 12.5. The normalized spacial score (nSPS) is 11.1. The van der Waals surface area contributed by atoms with Gasteiger partial charge in [-0.3, -0.25) is 4.79 Å². The van der Waals surface area contributed by atoms with Gasteiger partial charge in [0.1, 0.15) is 5.82 Å². The average Bonchev–Trinajstić information content (AvgIpc) is 3.25. The minimum atomic E-state index is -0.0256. The van der Waals surface area contributed by atoms with Crippen LogP contribution in [0.1, 0.15) is 23.2 Å². The molecule has 0 saturated carbocycles. The molecule has 0 aliphatic heterocycles. The molecule has 0 radical (unpaired) electrons. The van der Waals surface area contributed by atoms with Crippen molar-refractivity contribution >= 4 is 45.0 Å². The number of hydrogen-bond donors (Lipinski definition) is 1. The number of thiazole rings is 1. The average molecular weight is 423 g/mol. The van der Waals surface area contributed by atoms with Crippen molar-refractivity contribution in [1.82, 2.24) is 14.8 Å². The van der Waals surface area contributed by atoms with Crippen LogP contribution in [0.25, 0.3) is 15.3 Å². The number of fused-ring (bicyclic) bond motifs is 1. The molecule has 4 aromatic rings. The minimum absolute atomic E-state index is 0.0256. The number of aromatic nitrogens is 3. The zero-order valence-corrected chi connectivity index (χ0v) is 18.2. The Morgan fingerprint density at radius 1 is 1.10 bits per heavy atom. The molecule has 29 heavy (non-hydrogen) atoms. The van der Waals surface area contributed by atoms with Crippen LogP contribution in [0.15, 0.2) is 53.4 Å². The molecule has 0 atom stereocenters. The van der Waals surface area contributed by atoms with Gasteiger partial charge < -0.3 is 5.32 Å². The van der Waals surface area contributed by atoms with Crippen LogP contribution >= 0.6 is 23.1 Å². The van der Waals surface area contributed by atoms with Gasteiger partial charge in [-0.1, -0.05) is 29.5 Å². The van der Waals surface area contributed by atoms with Crippen molar-refractivity contribution in [2.45, 2.75) is 32.1 Å². The van der Waals surface area contributed by atoms with Crippen molar-refractivity contribution < 1.29 is 4.79 Å². The lowest BCUT2D eigenvalue weighted by molar-refractivity contribution is -0.115. The number of aryl methyl sites for hydroxylation is 3. The Morgan fingerprint density at radius 2 is 1.86 bits per heavy atom. The molecule has 1 N–H and O–H groups in total. The highest BCUT2D eigenvalue weighted by Crippen LogP contribution is 2.29. The lowest BCUT2D eigenvalue weighted by Crippen LogP contribution is -2.15. The van der Waals surface area contributed by atoms with Crippen molar-refractivity contribution in [3.8, 4) is 5.13 Å². The van der Waals surface area contributed by atoms with Gasteiger partial charge in [0.2, 0.25) is 11.0 Å². The number of nitrogens with zero attached hydrogens (tertiary/aromatic N) is 3. The first-order valence-electron chi connectivity index (χ1n) is 9.42. The van der Waals surface area contributed by atoms with E-state index >= 15 is 0 Å². The number of carbonyl (C=O) groups is 1. The van der Waals surface area contributed by atoms with Crippen molar-refractivity contribution in [2.75, 3.05) is 11.1 Å². The fourth-order valence-corrected chi connectivity index (χ4v) is 4.86. The Labute approximate surface area is 178 Å². The summed E-state index contributed by atoms with van der Waals surface area (Å²) >= 11 is 3.25. The van der Waals surface area contributed by atoms with Gasteiger partial charge in [-0.15, -0.1) is 11.8 Å². The maximum Gasteiger partial charge on any atom is 0.226 e. The van der Waals surface area contributed by atoms with Crippen LogP contribution in [0.4, 0.5) is 5.82 Å². The van der Waals surface area contributed by atoms with E-state index in [0.717, 1.165) is 26.8 Å². The van der Waals surface area contributed by atoms with Gasteiger partial charge in [0.25, 0.3) is 0 Å². The summed E-state index contributed by atoms with van der Waals surface area (Å²) in [6, 6.07) is 16.2. The SMILES string of the molecule is Cc1cc(NC(=O)CCSc2ccccc2)n(-c2nc3cc(C)c(C)cc3s2)n1. The Morgan fingerprint density at radius 3 is 2.66 bits per heavy atom. The predicted molar refractivity (Wildman–Crippen MR) is 121 cm³/mol. The molecule has 148 valence electrons. The number of rotatable bonds is 6. The number of anilines is 1. The second-order valence-corrected chi connectivity index (χ2v) is 9.12. The summed E-state index contributed by atoms with van der Waals surface area (Å²) in [4.78, 5) is 18.4. The van der Waals surface area contributed by atoms with E-state index in [1.165, 1.54) is 16.0 Å². The van der Waals surface area contributed by atoms with Crippen molar-refractivity contribution in [1.29, 1.82) is 0 Å². The molecule has 0 aliphatic carbocycles. The zero-order valence-electron chi connectivity index (χ0n) is 16.6. The first-order valence-corrected chi connectivity index (χ1v) is 11.2. The molecule has 0 bridgehead atoms. The summed E-state index contributed by atoms with van der Waals surface area (Å²) < 4.78 is 2.85. The van der Waals surface area contributed by atoms with E-state index < -0.39 is 0 Å². The molecule has 2 aromatic carbocycles. The Bertz CT molecular complexity index is 1130. The number of carbonyl (C=O) groups excluding carboxylic acids is 1. The first-order chi connectivity index (χ1) is 14.0. The molecular formula is C22H22N4OS2. The standard InChI is InChI=1S/C22H22N4OS2/c1-14-11-18-19(12-15(14)2)29-22(23-18)26-20(13-16(3)25-26)24-21(27)9-10-28-17-7-5-4-6-8-17/h4-8,11-13H,9-10H2,1-3H3,(H,24,27). The molecular weight excluding hydrogens is 400 g/mol. The number of thioether (sulfide) groups is 1. The third-order valence-corrected chi connectivity index (χ3v) is 6.62. The van der Waals surface area contributed by atoms with E-state index in [4.69, 9.17) is 4.98 Å². The molecule has 0 fully saturated rings. The van der Waals surface area contributed by atoms with Crippen molar-refractivity contribution in [3.05, 3.63) is 65.4 Å². The molecule has 0 aliphatic rings. The summed E-state index contributed by atoms with van der Waals surface area (Å²) in [5.41, 5.74) is 4.26. The first kappa shape index (κ1) is 19.7. The molecule has 2 aromatic heterocycles. The van der Waals surface area contributed by atoms with Crippen LogP contribution < -0.4 is 5.32 Å². The number of nitrogens with one attached hydrogen (secondary N) is 1. The Balaban J connectivity index is 1.49. The monoisotopic (exact) mass is 422 g/mol. The van der Waals surface area contributed by atoms with E-state index in [-0.39, 0.29) is 5.91 Å². The van der Waals surface area contributed by atoms with Gasteiger partial charge in [-0.25, -0.2) is 4.98 Å². The lowest BCUT2D eigenvalue weighted by atomic mass is 10.1. The van der Waals surface area contributed by atoms with Gasteiger partial charge >= 0.3 is 0 Å². The number of amides is 1. The minimum Gasteiger partial charge on any atom is -0.310 e. The Hall–Kier alpha value is -2.64. The third-order valence-electron chi connectivity index (χ3n) is 4.61. The molecule has 4 rings (SSSR count). The molecule has 0 unspecified atom stereocenters. The van der Waals surface area contributed by atoms with Crippen molar-refractivity contribution in [2.24, 2.45) is 0 Å². The highest BCUT2D eigenvalue weighted by Gasteiger charge is 2.15. The van der Waals surface area contributed by atoms with Crippen LogP contribution in [0.2, 0.25) is 0 Å². The highest BCUT2D eigenvalue weighted by molar-refractivity contribution is 7.99.